The Morgan fingerprint density at radius 1 is 1.19 bits per heavy atom. The van der Waals surface area contributed by atoms with Crippen molar-refractivity contribution in [2.24, 2.45) is 0 Å². The van der Waals surface area contributed by atoms with E-state index in [9.17, 15) is 4.79 Å². The van der Waals surface area contributed by atoms with E-state index in [0.717, 1.165) is 30.1 Å². The number of fused-ring (bicyclic) bond motifs is 3. The van der Waals surface area contributed by atoms with Gasteiger partial charge in [-0.25, -0.2) is 4.98 Å². The van der Waals surface area contributed by atoms with Crippen LogP contribution in [0.25, 0.3) is 11.3 Å². The minimum atomic E-state index is 0.0616. The van der Waals surface area contributed by atoms with Gasteiger partial charge in [0.1, 0.15) is 5.37 Å². The van der Waals surface area contributed by atoms with Gasteiger partial charge in [0.05, 0.1) is 11.4 Å². The average Bonchev–Trinajstić information content (AvgIpc) is 3.35. The van der Waals surface area contributed by atoms with Crippen LogP contribution in [0.5, 0.6) is 0 Å². The van der Waals surface area contributed by atoms with Crippen molar-refractivity contribution in [3.63, 3.8) is 0 Å². The van der Waals surface area contributed by atoms with Gasteiger partial charge in [-0.3, -0.25) is 9.69 Å². The van der Waals surface area contributed by atoms with E-state index in [4.69, 9.17) is 4.98 Å². The van der Waals surface area contributed by atoms with E-state index in [1.807, 2.05) is 4.90 Å². The number of aromatic nitrogens is 1. The van der Waals surface area contributed by atoms with Crippen LogP contribution < -0.4 is 4.90 Å². The highest BCUT2D eigenvalue weighted by Crippen LogP contribution is 2.47. The number of aryl methyl sites for hydroxylation is 4. The molecule has 1 saturated heterocycles. The lowest BCUT2D eigenvalue weighted by molar-refractivity contribution is -0.115. The number of nitrogens with zero attached hydrogens (tertiary/aromatic N) is 2. The van der Waals surface area contributed by atoms with Crippen molar-refractivity contribution < 1.29 is 4.79 Å². The van der Waals surface area contributed by atoms with Crippen LogP contribution in [0.4, 0.5) is 5.13 Å². The van der Waals surface area contributed by atoms with Crippen molar-refractivity contribution in [3.8, 4) is 11.3 Å². The Morgan fingerprint density at radius 3 is 2.85 bits per heavy atom. The molecule has 1 unspecified atom stereocenters. The van der Waals surface area contributed by atoms with Crippen molar-refractivity contribution in [2.75, 3.05) is 10.7 Å². The first-order valence-electron chi connectivity index (χ1n) is 9.19. The molecule has 2 aromatic heterocycles. The van der Waals surface area contributed by atoms with Crippen LogP contribution in [-0.4, -0.2) is 16.6 Å². The second kappa shape index (κ2) is 6.76. The van der Waals surface area contributed by atoms with Gasteiger partial charge in [-0.05, 0) is 67.3 Å². The maximum absolute atomic E-state index is 12.7. The van der Waals surface area contributed by atoms with Crippen LogP contribution in [0, 0.1) is 13.8 Å². The Kier molecular flexibility index (Phi) is 4.37. The highest BCUT2D eigenvalue weighted by Gasteiger charge is 2.37. The Bertz CT molecular complexity index is 1020. The monoisotopic (exact) mass is 412 g/mol. The Morgan fingerprint density at radius 2 is 2.04 bits per heavy atom. The van der Waals surface area contributed by atoms with Crippen LogP contribution in [-0.2, 0) is 17.6 Å². The lowest BCUT2D eigenvalue weighted by atomic mass is 9.97. The summed E-state index contributed by atoms with van der Waals surface area (Å²) in [5.41, 5.74) is 6.41. The molecule has 5 rings (SSSR count). The number of carbonyl (C=O) groups excluding carboxylic acids is 1. The quantitative estimate of drug-likeness (QED) is 0.537. The summed E-state index contributed by atoms with van der Waals surface area (Å²) in [5.74, 6) is 0.699. The van der Waals surface area contributed by atoms with E-state index >= 15 is 0 Å². The second-order valence-corrected chi connectivity index (χ2v) is 10.3. The summed E-state index contributed by atoms with van der Waals surface area (Å²) in [6.45, 7) is 4.35. The van der Waals surface area contributed by atoms with E-state index in [0.29, 0.717) is 5.75 Å². The smallest absolute Gasteiger partial charge is 0.240 e. The largest absolute Gasteiger partial charge is 0.273 e. The van der Waals surface area contributed by atoms with Crippen molar-refractivity contribution in [2.45, 2.75) is 38.5 Å². The van der Waals surface area contributed by atoms with Crippen molar-refractivity contribution >= 4 is 45.5 Å². The standard InChI is InChI=1S/C21H20N2OS3/c1-12-9-14-5-3-6-16-19(15(14)10-13(12)2)22-21(27-16)23-18(24)11-26-20(23)17-7-4-8-25-17/h4,7-10,20H,3,5-6,11H2,1-2H3. The number of amides is 1. The molecule has 1 atom stereocenters. The molecule has 0 radical (unpaired) electrons. The summed E-state index contributed by atoms with van der Waals surface area (Å²) in [7, 11) is 0. The lowest BCUT2D eigenvalue weighted by Crippen LogP contribution is -2.27. The molecule has 3 nitrogen and oxygen atoms in total. The first-order chi connectivity index (χ1) is 13.1. The predicted octanol–water partition coefficient (Wildman–Crippen LogP) is 5.76. The summed E-state index contributed by atoms with van der Waals surface area (Å²) in [6, 6.07) is 8.79. The van der Waals surface area contributed by atoms with E-state index in [-0.39, 0.29) is 11.3 Å². The van der Waals surface area contributed by atoms with E-state index in [2.05, 4.69) is 43.5 Å². The predicted molar refractivity (Wildman–Crippen MR) is 116 cm³/mol. The Balaban J connectivity index is 1.61. The molecule has 1 amide bonds. The number of thiophene rings is 1. The van der Waals surface area contributed by atoms with Gasteiger partial charge in [-0.1, -0.05) is 12.1 Å². The molecule has 1 aliphatic heterocycles. The molecule has 2 aliphatic rings. The molecular weight excluding hydrogens is 392 g/mol. The zero-order valence-corrected chi connectivity index (χ0v) is 17.8. The number of thioether (sulfide) groups is 1. The number of carbonyl (C=O) groups is 1. The highest BCUT2D eigenvalue weighted by molar-refractivity contribution is 8.01. The van der Waals surface area contributed by atoms with Crippen LogP contribution in [0.15, 0.2) is 29.6 Å². The number of benzene rings is 1. The molecular formula is C21H20N2OS3. The van der Waals surface area contributed by atoms with E-state index < -0.39 is 0 Å². The maximum Gasteiger partial charge on any atom is 0.240 e. The first kappa shape index (κ1) is 17.5. The second-order valence-electron chi connectivity index (χ2n) is 7.16. The summed E-state index contributed by atoms with van der Waals surface area (Å²) >= 11 is 5.13. The number of anilines is 1. The van der Waals surface area contributed by atoms with Crippen LogP contribution in [0.2, 0.25) is 0 Å². The third-order valence-corrected chi connectivity index (χ3v) is 8.75. The zero-order valence-electron chi connectivity index (χ0n) is 15.3. The summed E-state index contributed by atoms with van der Waals surface area (Å²) < 4.78 is 0. The van der Waals surface area contributed by atoms with Crippen LogP contribution in [0.3, 0.4) is 0 Å². The minimum Gasteiger partial charge on any atom is -0.273 e. The SMILES string of the molecule is Cc1cc2c(cc1C)-c1nc(N3C(=O)CSC3c3cccs3)sc1CCC2. The van der Waals surface area contributed by atoms with Gasteiger partial charge in [-0.15, -0.1) is 34.4 Å². The van der Waals surface area contributed by atoms with Crippen molar-refractivity contribution in [3.05, 3.63) is 56.1 Å². The number of hydrogen-bond donors (Lipinski definition) is 0. The lowest BCUT2D eigenvalue weighted by Gasteiger charge is -2.20. The molecule has 138 valence electrons. The van der Waals surface area contributed by atoms with Gasteiger partial charge in [0.25, 0.3) is 0 Å². The molecule has 6 heteroatoms. The van der Waals surface area contributed by atoms with Gasteiger partial charge in [0.2, 0.25) is 5.91 Å². The normalized spacial score (nSPS) is 19.1. The molecule has 3 heterocycles. The molecule has 0 bridgehead atoms. The fraction of sp³-hybridized carbons (Fsp3) is 0.333. The molecule has 1 fully saturated rings. The highest BCUT2D eigenvalue weighted by atomic mass is 32.2. The number of hydrogen-bond acceptors (Lipinski definition) is 5. The zero-order chi connectivity index (χ0) is 18.5. The molecule has 0 saturated carbocycles. The summed E-state index contributed by atoms with van der Waals surface area (Å²) in [4.78, 5) is 22.2. The van der Waals surface area contributed by atoms with Crippen molar-refractivity contribution in [1.82, 2.24) is 4.98 Å². The first-order valence-corrected chi connectivity index (χ1v) is 11.9. The van der Waals surface area contributed by atoms with E-state index in [1.165, 1.54) is 32.0 Å². The number of rotatable bonds is 2. The van der Waals surface area contributed by atoms with Crippen LogP contribution >= 0.6 is 34.4 Å². The van der Waals surface area contributed by atoms with Gasteiger partial charge in [0.15, 0.2) is 5.13 Å². The van der Waals surface area contributed by atoms with Gasteiger partial charge in [-0.2, -0.15) is 0 Å². The third-order valence-electron chi connectivity index (χ3n) is 5.37. The average molecular weight is 413 g/mol. The molecule has 27 heavy (non-hydrogen) atoms. The molecule has 1 aliphatic carbocycles. The van der Waals surface area contributed by atoms with Crippen molar-refractivity contribution in [1.29, 1.82) is 0 Å². The molecule has 0 N–H and O–H groups in total. The van der Waals surface area contributed by atoms with Crippen LogP contribution in [0.1, 0.15) is 38.2 Å². The Hall–Kier alpha value is -1.63. The number of thiazole rings is 1. The third kappa shape index (κ3) is 2.94. The minimum absolute atomic E-state index is 0.0616. The van der Waals surface area contributed by atoms with Gasteiger partial charge >= 0.3 is 0 Å². The topological polar surface area (TPSA) is 33.2 Å². The maximum atomic E-state index is 12.7. The molecule has 3 aromatic rings. The van der Waals surface area contributed by atoms with Gasteiger partial charge in [0, 0.05) is 15.3 Å². The molecule has 0 spiro atoms. The van der Waals surface area contributed by atoms with E-state index in [1.54, 1.807) is 34.4 Å². The van der Waals surface area contributed by atoms with Gasteiger partial charge < -0.3 is 0 Å². The Labute approximate surface area is 171 Å². The fourth-order valence-electron chi connectivity index (χ4n) is 3.84. The summed E-state index contributed by atoms with van der Waals surface area (Å²) in [6.07, 6.45) is 3.28. The fourth-order valence-corrected chi connectivity index (χ4v) is 7.18. The summed E-state index contributed by atoms with van der Waals surface area (Å²) in [5, 5.41) is 3.00. The molecule has 1 aromatic carbocycles.